The van der Waals surface area contributed by atoms with Crippen LogP contribution in [0.3, 0.4) is 0 Å². The summed E-state index contributed by atoms with van der Waals surface area (Å²) < 4.78 is 0. The molecule has 2 aliphatic carbocycles. The molecule has 0 saturated heterocycles. The minimum Gasteiger partial charge on any atom is -0.388 e. The van der Waals surface area contributed by atoms with Crippen molar-refractivity contribution in [2.45, 2.75) is 51.6 Å². The summed E-state index contributed by atoms with van der Waals surface area (Å²) in [5, 5.41) is 20.9. The first-order chi connectivity index (χ1) is 8.94. The SMILES string of the molecule is CC1(C(C)(O)C2(C#N)CCc3ccccc3C2)CC1. The van der Waals surface area contributed by atoms with Gasteiger partial charge < -0.3 is 5.11 Å². The van der Waals surface area contributed by atoms with Crippen molar-refractivity contribution < 1.29 is 5.11 Å². The fraction of sp³-hybridized carbons (Fsp3) is 0.588. The molecule has 0 heterocycles. The molecule has 0 radical (unpaired) electrons. The Kier molecular flexibility index (Phi) is 2.56. The first kappa shape index (κ1) is 12.7. The highest BCUT2D eigenvalue weighted by molar-refractivity contribution is 5.35. The van der Waals surface area contributed by atoms with Crippen LogP contribution in [0.4, 0.5) is 0 Å². The second-order valence-electron chi connectivity index (χ2n) is 6.77. The van der Waals surface area contributed by atoms with Gasteiger partial charge in [-0.2, -0.15) is 5.26 Å². The third-order valence-electron chi connectivity index (χ3n) is 5.75. The maximum absolute atomic E-state index is 11.1. The summed E-state index contributed by atoms with van der Waals surface area (Å²) in [4.78, 5) is 0. The van der Waals surface area contributed by atoms with Crippen molar-refractivity contribution >= 4 is 0 Å². The number of aryl methyl sites for hydroxylation is 1. The molecule has 2 nitrogen and oxygen atoms in total. The standard InChI is InChI=1S/C17H21NO/c1-15(9-10-15)16(2,19)17(12-18)8-7-13-5-3-4-6-14(13)11-17/h3-6,19H,7-11H2,1-2H3. The van der Waals surface area contributed by atoms with Crippen LogP contribution >= 0.6 is 0 Å². The van der Waals surface area contributed by atoms with E-state index in [0.29, 0.717) is 6.42 Å². The van der Waals surface area contributed by atoms with Gasteiger partial charge in [-0.05, 0) is 55.6 Å². The molecule has 2 heteroatoms. The molecule has 100 valence electrons. The fourth-order valence-electron chi connectivity index (χ4n) is 3.61. The van der Waals surface area contributed by atoms with E-state index < -0.39 is 11.0 Å². The monoisotopic (exact) mass is 255 g/mol. The molecule has 1 fully saturated rings. The van der Waals surface area contributed by atoms with E-state index in [-0.39, 0.29) is 5.41 Å². The van der Waals surface area contributed by atoms with Gasteiger partial charge in [0.25, 0.3) is 0 Å². The summed E-state index contributed by atoms with van der Waals surface area (Å²) in [6.07, 6.45) is 4.41. The summed E-state index contributed by atoms with van der Waals surface area (Å²) in [7, 11) is 0. The van der Waals surface area contributed by atoms with Gasteiger partial charge in [-0.1, -0.05) is 31.2 Å². The molecule has 1 aromatic carbocycles. The molecule has 0 aliphatic heterocycles. The Morgan fingerprint density at radius 3 is 2.42 bits per heavy atom. The van der Waals surface area contributed by atoms with Gasteiger partial charge in [0, 0.05) is 0 Å². The molecule has 0 aromatic heterocycles. The minimum absolute atomic E-state index is 0.0744. The highest BCUT2D eigenvalue weighted by atomic mass is 16.3. The zero-order valence-electron chi connectivity index (χ0n) is 11.7. The number of nitriles is 1. The van der Waals surface area contributed by atoms with E-state index in [2.05, 4.69) is 31.2 Å². The number of nitrogens with zero attached hydrogens (tertiary/aromatic N) is 1. The van der Waals surface area contributed by atoms with E-state index >= 15 is 0 Å². The summed E-state index contributed by atoms with van der Waals surface area (Å²) in [5.74, 6) is 0. The van der Waals surface area contributed by atoms with E-state index in [9.17, 15) is 10.4 Å². The largest absolute Gasteiger partial charge is 0.388 e. The highest BCUT2D eigenvalue weighted by Crippen LogP contribution is 2.61. The molecule has 2 atom stereocenters. The molecule has 1 N–H and O–H groups in total. The zero-order chi connectivity index (χ0) is 13.7. The maximum atomic E-state index is 11.1. The van der Waals surface area contributed by atoms with E-state index in [1.54, 1.807) is 0 Å². The molecular weight excluding hydrogens is 234 g/mol. The van der Waals surface area contributed by atoms with E-state index in [0.717, 1.165) is 25.7 Å². The van der Waals surface area contributed by atoms with Gasteiger partial charge >= 0.3 is 0 Å². The molecule has 0 spiro atoms. The van der Waals surface area contributed by atoms with Gasteiger partial charge in [-0.25, -0.2) is 0 Å². The lowest BCUT2D eigenvalue weighted by molar-refractivity contribution is -0.0991. The summed E-state index contributed by atoms with van der Waals surface area (Å²) in [6, 6.07) is 10.8. The Balaban J connectivity index is 2.01. The third kappa shape index (κ3) is 1.65. The molecule has 19 heavy (non-hydrogen) atoms. The van der Waals surface area contributed by atoms with Crippen LogP contribution in [0.15, 0.2) is 24.3 Å². The molecule has 3 rings (SSSR count). The van der Waals surface area contributed by atoms with Crippen molar-refractivity contribution in [3.05, 3.63) is 35.4 Å². The van der Waals surface area contributed by atoms with Gasteiger partial charge in [0.05, 0.1) is 17.1 Å². The van der Waals surface area contributed by atoms with Crippen molar-refractivity contribution in [3.63, 3.8) is 0 Å². The Morgan fingerprint density at radius 1 is 1.21 bits per heavy atom. The van der Waals surface area contributed by atoms with Gasteiger partial charge in [0.2, 0.25) is 0 Å². The van der Waals surface area contributed by atoms with Crippen LogP contribution in [0, 0.1) is 22.2 Å². The van der Waals surface area contributed by atoms with E-state index in [1.807, 2.05) is 13.0 Å². The lowest BCUT2D eigenvalue weighted by Gasteiger charge is -2.47. The smallest absolute Gasteiger partial charge is 0.0906 e. The first-order valence-corrected chi connectivity index (χ1v) is 7.15. The normalized spacial score (nSPS) is 30.8. The number of aliphatic hydroxyl groups is 1. The Hall–Kier alpha value is -1.33. The average Bonchev–Trinajstić information content (AvgIpc) is 3.17. The number of hydrogen-bond acceptors (Lipinski definition) is 2. The number of rotatable bonds is 2. The van der Waals surface area contributed by atoms with Crippen molar-refractivity contribution in [1.29, 1.82) is 5.26 Å². The molecule has 0 bridgehead atoms. The predicted molar refractivity (Wildman–Crippen MR) is 74.5 cm³/mol. The van der Waals surface area contributed by atoms with Crippen LogP contribution in [0.2, 0.25) is 0 Å². The van der Waals surface area contributed by atoms with E-state index in [4.69, 9.17) is 0 Å². The lowest BCUT2D eigenvalue weighted by atomic mass is 9.58. The number of hydrogen-bond donors (Lipinski definition) is 1. The second kappa shape index (κ2) is 3.84. The summed E-state index contributed by atoms with van der Waals surface area (Å²) in [6.45, 7) is 4.00. The van der Waals surface area contributed by atoms with Gasteiger partial charge in [0.15, 0.2) is 0 Å². The zero-order valence-corrected chi connectivity index (χ0v) is 11.7. The number of benzene rings is 1. The predicted octanol–water partition coefficient (Wildman–Crippen LogP) is 3.24. The molecule has 2 unspecified atom stereocenters. The molecule has 1 aromatic rings. The van der Waals surface area contributed by atoms with Crippen molar-refractivity contribution in [1.82, 2.24) is 0 Å². The third-order valence-corrected chi connectivity index (χ3v) is 5.75. The summed E-state index contributed by atoms with van der Waals surface area (Å²) in [5.41, 5.74) is 0.967. The molecule has 2 aliphatic rings. The molecular formula is C17H21NO. The lowest BCUT2D eigenvalue weighted by Crippen LogP contribution is -2.53. The van der Waals surface area contributed by atoms with Crippen LogP contribution < -0.4 is 0 Å². The van der Waals surface area contributed by atoms with Crippen LogP contribution in [0.5, 0.6) is 0 Å². The average molecular weight is 255 g/mol. The minimum atomic E-state index is -0.901. The van der Waals surface area contributed by atoms with Crippen LogP contribution in [0.1, 0.15) is 44.2 Å². The second-order valence-corrected chi connectivity index (χ2v) is 6.77. The van der Waals surface area contributed by atoms with Crippen molar-refractivity contribution in [2.24, 2.45) is 10.8 Å². The molecule has 1 saturated carbocycles. The highest BCUT2D eigenvalue weighted by Gasteiger charge is 2.63. The Labute approximate surface area is 115 Å². The summed E-state index contributed by atoms with van der Waals surface area (Å²) >= 11 is 0. The van der Waals surface area contributed by atoms with Crippen LogP contribution in [0.25, 0.3) is 0 Å². The van der Waals surface area contributed by atoms with Crippen LogP contribution in [-0.2, 0) is 12.8 Å². The first-order valence-electron chi connectivity index (χ1n) is 7.15. The van der Waals surface area contributed by atoms with E-state index in [1.165, 1.54) is 11.1 Å². The molecule has 0 amide bonds. The van der Waals surface area contributed by atoms with Crippen molar-refractivity contribution in [3.8, 4) is 6.07 Å². The Bertz CT molecular complexity index is 551. The maximum Gasteiger partial charge on any atom is 0.0906 e. The topological polar surface area (TPSA) is 44.0 Å². The van der Waals surface area contributed by atoms with Gasteiger partial charge in [0.1, 0.15) is 0 Å². The quantitative estimate of drug-likeness (QED) is 0.881. The van der Waals surface area contributed by atoms with Crippen molar-refractivity contribution in [2.75, 3.05) is 0 Å². The Morgan fingerprint density at radius 2 is 1.84 bits per heavy atom. The number of fused-ring (bicyclic) bond motifs is 1. The fourth-order valence-corrected chi connectivity index (χ4v) is 3.61. The van der Waals surface area contributed by atoms with Crippen LogP contribution in [-0.4, -0.2) is 10.7 Å². The van der Waals surface area contributed by atoms with Gasteiger partial charge in [-0.3, -0.25) is 0 Å². The van der Waals surface area contributed by atoms with Gasteiger partial charge in [-0.15, -0.1) is 0 Å².